The van der Waals surface area contributed by atoms with Crippen LogP contribution in [0.4, 0.5) is 0 Å². The van der Waals surface area contributed by atoms with Crippen molar-refractivity contribution in [1.82, 2.24) is 14.8 Å². The van der Waals surface area contributed by atoms with Crippen molar-refractivity contribution in [1.29, 1.82) is 0 Å². The number of hydrogen-bond acceptors (Lipinski definition) is 4. The Morgan fingerprint density at radius 1 is 1.56 bits per heavy atom. The Balaban J connectivity index is 2.17. The van der Waals surface area contributed by atoms with Crippen LogP contribution in [0.3, 0.4) is 0 Å². The van der Waals surface area contributed by atoms with Crippen LogP contribution in [0.5, 0.6) is 0 Å². The summed E-state index contributed by atoms with van der Waals surface area (Å²) in [5.41, 5.74) is 1.10. The summed E-state index contributed by atoms with van der Waals surface area (Å²) in [4.78, 5) is 9.79. The maximum atomic E-state index is 5.52. The first-order chi connectivity index (χ1) is 8.58. The van der Waals surface area contributed by atoms with Crippen molar-refractivity contribution < 1.29 is 0 Å². The molecule has 1 aliphatic heterocycles. The van der Waals surface area contributed by atoms with Gasteiger partial charge in [-0.2, -0.15) is 0 Å². The summed E-state index contributed by atoms with van der Waals surface area (Å²) in [5.74, 6) is 0. The van der Waals surface area contributed by atoms with Crippen LogP contribution >= 0.6 is 24.0 Å². The highest BCUT2D eigenvalue weighted by Crippen LogP contribution is 2.31. The molecule has 1 unspecified atom stereocenters. The average molecular weight is 281 g/mol. The number of aromatic nitrogens is 1. The Kier molecular flexibility index (Phi) is 4.59. The molecule has 18 heavy (non-hydrogen) atoms. The molecule has 3 nitrogen and oxygen atoms in total. The molecule has 1 aliphatic rings. The van der Waals surface area contributed by atoms with Crippen molar-refractivity contribution in [3.8, 4) is 0 Å². The lowest BCUT2D eigenvalue weighted by Crippen LogP contribution is -2.31. The maximum Gasteiger partial charge on any atom is 0.111 e. The molecular weight excluding hydrogens is 262 g/mol. The standard InChI is InChI=1S/C13H19N3S2/c1-15(2)8-6-10-9-16(3)13(17)11-5-4-7-14-12(11)18-10/h4-5,7,10H,6,8-9H2,1-3H3. The quantitative estimate of drug-likeness (QED) is 0.788. The highest BCUT2D eigenvalue weighted by molar-refractivity contribution is 8.00. The van der Waals surface area contributed by atoms with Gasteiger partial charge in [0, 0.05) is 30.6 Å². The lowest BCUT2D eigenvalue weighted by molar-refractivity contribution is 0.384. The van der Waals surface area contributed by atoms with Crippen LogP contribution in [0.2, 0.25) is 0 Å². The van der Waals surface area contributed by atoms with Crippen LogP contribution in [0.1, 0.15) is 12.0 Å². The zero-order valence-electron chi connectivity index (χ0n) is 11.1. The zero-order chi connectivity index (χ0) is 13.1. The third kappa shape index (κ3) is 3.22. The van der Waals surface area contributed by atoms with Crippen molar-refractivity contribution in [2.75, 3.05) is 34.2 Å². The van der Waals surface area contributed by atoms with Gasteiger partial charge >= 0.3 is 0 Å². The van der Waals surface area contributed by atoms with Crippen LogP contribution in [-0.4, -0.2) is 59.3 Å². The third-order valence-electron chi connectivity index (χ3n) is 3.00. The van der Waals surface area contributed by atoms with Gasteiger partial charge in [0.2, 0.25) is 0 Å². The molecule has 0 saturated carbocycles. The van der Waals surface area contributed by atoms with E-state index in [4.69, 9.17) is 12.2 Å². The minimum absolute atomic E-state index is 0.548. The molecule has 0 aromatic carbocycles. The lowest BCUT2D eigenvalue weighted by Gasteiger charge is -2.22. The van der Waals surface area contributed by atoms with Crippen molar-refractivity contribution in [2.24, 2.45) is 0 Å². The number of hydrogen-bond donors (Lipinski definition) is 0. The van der Waals surface area contributed by atoms with E-state index < -0.39 is 0 Å². The molecule has 0 radical (unpaired) electrons. The predicted molar refractivity (Wildman–Crippen MR) is 81.4 cm³/mol. The van der Waals surface area contributed by atoms with Crippen molar-refractivity contribution in [2.45, 2.75) is 16.7 Å². The van der Waals surface area contributed by atoms with E-state index in [2.05, 4.69) is 42.0 Å². The third-order valence-corrected chi connectivity index (χ3v) is 4.80. The van der Waals surface area contributed by atoms with Crippen LogP contribution in [0, 0.1) is 0 Å². The van der Waals surface area contributed by atoms with Gasteiger partial charge in [-0.3, -0.25) is 0 Å². The Morgan fingerprint density at radius 2 is 2.33 bits per heavy atom. The van der Waals surface area contributed by atoms with Gasteiger partial charge in [0.15, 0.2) is 0 Å². The van der Waals surface area contributed by atoms with E-state index in [1.165, 1.54) is 0 Å². The van der Waals surface area contributed by atoms with Crippen LogP contribution < -0.4 is 0 Å². The largest absolute Gasteiger partial charge is 0.364 e. The SMILES string of the molecule is CN(C)CCC1CN(C)C(=S)c2cccnc2S1. The topological polar surface area (TPSA) is 19.4 Å². The van der Waals surface area contributed by atoms with E-state index in [1.54, 1.807) is 0 Å². The molecule has 0 aliphatic carbocycles. The Bertz CT molecular complexity index is 434. The predicted octanol–water partition coefficient (Wildman–Crippen LogP) is 2.11. The normalized spacial score (nSPS) is 19.9. The van der Waals surface area contributed by atoms with Gasteiger partial charge in [0.25, 0.3) is 0 Å². The van der Waals surface area contributed by atoms with Crippen LogP contribution in [0.25, 0.3) is 0 Å². The fraction of sp³-hybridized carbons (Fsp3) is 0.538. The molecule has 1 atom stereocenters. The number of pyridine rings is 1. The van der Waals surface area contributed by atoms with E-state index in [0.29, 0.717) is 5.25 Å². The van der Waals surface area contributed by atoms with Crippen LogP contribution in [0.15, 0.2) is 23.4 Å². The molecule has 0 bridgehead atoms. The molecule has 2 heterocycles. The summed E-state index contributed by atoms with van der Waals surface area (Å²) >= 11 is 7.38. The lowest BCUT2D eigenvalue weighted by atomic mass is 10.2. The summed E-state index contributed by atoms with van der Waals surface area (Å²) in [6, 6.07) is 4.03. The van der Waals surface area contributed by atoms with Gasteiger partial charge in [-0.05, 0) is 39.2 Å². The highest BCUT2D eigenvalue weighted by atomic mass is 32.2. The van der Waals surface area contributed by atoms with Gasteiger partial charge in [-0.15, -0.1) is 11.8 Å². The molecule has 98 valence electrons. The minimum Gasteiger partial charge on any atom is -0.364 e. The monoisotopic (exact) mass is 281 g/mol. The molecule has 1 aromatic rings. The van der Waals surface area contributed by atoms with Gasteiger partial charge < -0.3 is 9.80 Å². The molecule has 0 saturated heterocycles. The molecule has 5 heteroatoms. The molecule has 0 fully saturated rings. The van der Waals surface area contributed by atoms with Crippen molar-refractivity contribution in [3.05, 3.63) is 23.9 Å². The summed E-state index contributed by atoms with van der Waals surface area (Å²) in [6.07, 6.45) is 3.00. The average Bonchev–Trinajstić information content (AvgIpc) is 2.46. The van der Waals surface area contributed by atoms with E-state index in [-0.39, 0.29) is 0 Å². The summed E-state index contributed by atoms with van der Waals surface area (Å²) in [5, 5.41) is 1.63. The Hall–Kier alpha value is -0.650. The molecule has 1 aromatic heterocycles. The number of thioether (sulfide) groups is 1. The summed E-state index contributed by atoms with van der Waals surface area (Å²) < 4.78 is 0. The first-order valence-electron chi connectivity index (χ1n) is 6.10. The zero-order valence-corrected chi connectivity index (χ0v) is 12.7. The second kappa shape index (κ2) is 5.99. The molecule has 2 rings (SSSR count). The fourth-order valence-electron chi connectivity index (χ4n) is 1.99. The van der Waals surface area contributed by atoms with Gasteiger partial charge in [0.1, 0.15) is 10.0 Å². The number of thiocarbonyl (C=S) groups is 1. The highest BCUT2D eigenvalue weighted by Gasteiger charge is 2.24. The maximum absolute atomic E-state index is 5.52. The summed E-state index contributed by atoms with van der Waals surface area (Å²) in [7, 11) is 6.30. The van der Waals surface area contributed by atoms with E-state index in [9.17, 15) is 0 Å². The smallest absolute Gasteiger partial charge is 0.111 e. The van der Waals surface area contributed by atoms with E-state index in [1.807, 2.05) is 24.0 Å². The van der Waals surface area contributed by atoms with Gasteiger partial charge in [-0.1, -0.05) is 12.2 Å². The summed E-state index contributed by atoms with van der Waals surface area (Å²) in [6.45, 7) is 2.09. The second-order valence-electron chi connectivity index (χ2n) is 4.87. The second-order valence-corrected chi connectivity index (χ2v) is 6.55. The Morgan fingerprint density at radius 3 is 3.06 bits per heavy atom. The molecule has 0 amide bonds. The van der Waals surface area contributed by atoms with E-state index >= 15 is 0 Å². The minimum atomic E-state index is 0.548. The fourth-order valence-corrected chi connectivity index (χ4v) is 3.54. The molecular formula is C13H19N3S2. The molecule has 0 N–H and O–H groups in total. The Labute approximate surface area is 119 Å². The van der Waals surface area contributed by atoms with Crippen LogP contribution in [-0.2, 0) is 0 Å². The van der Waals surface area contributed by atoms with Gasteiger partial charge in [-0.25, -0.2) is 4.98 Å². The van der Waals surface area contributed by atoms with E-state index in [0.717, 1.165) is 35.1 Å². The molecule has 0 spiro atoms. The number of nitrogens with zero attached hydrogens (tertiary/aromatic N) is 3. The first-order valence-corrected chi connectivity index (χ1v) is 7.38. The van der Waals surface area contributed by atoms with Crippen molar-refractivity contribution in [3.63, 3.8) is 0 Å². The first kappa shape index (κ1) is 13.8. The number of rotatable bonds is 3. The van der Waals surface area contributed by atoms with Gasteiger partial charge in [0.05, 0.1) is 0 Å². The van der Waals surface area contributed by atoms with Crippen molar-refractivity contribution >= 4 is 29.0 Å². The number of fused-ring (bicyclic) bond motifs is 1.